The number of rotatable bonds is 13. The molecule has 2 amide bonds. The van der Waals surface area contributed by atoms with E-state index in [9.17, 15) is 9.59 Å². The van der Waals surface area contributed by atoms with Crippen molar-refractivity contribution < 1.29 is 14.3 Å². The van der Waals surface area contributed by atoms with Crippen LogP contribution >= 0.6 is 15.9 Å². The third kappa shape index (κ3) is 8.07. The molecule has 3 aromatic rings. The third-order valence-electron chi connectivity index (χ3n) is 6.10. The highest BCUT2D eigenvalue weighted by molar-refractivity contribution is 9.10. The fourth-order valence-corrected chi connectivity index (χ4v) is 4.51. The van der Waals surface area contributed by atoms with Crippen molar-refractivity contribution >= 4 is 27.7 Å². The van der Waals surface area contributed by atoms with Crippen LogP contribution < -0.4 is 0 Å². The number of aromatic nitrogens is 1. The molecule has 0 aliphatic carbocycles. The lowest BCUT2D eigenvalue weighted by atomic mass is 10.1. The van der Waals surface area contributed by atoms with Crippen molar-refractivity contribution in [1.82, 2.24) is 14.4 Å². The molecule has 0 spiro atoms. The van der Waals surface area contributed by atoms with Crippen LogP contribution in [-0.2, 0) is 22.6 Å². The fraction of sp³-hybridized carbons (Fsp3) is 0.379. The maximum atomic E-state index is 13.5. The molecule has 0 atom stereocenters. The minimum atomic E-state index is -0.181. The summed E-state index contributed by atoms with van der Waals surface area (Å²) in [4.78, 5) is 30.2. The summed E-state index contributed by atoms with van der Waals surface area (Å²) in [5.74, 6) is -0.244. The molecular formula is C29H36BrN3O3. The van der Waals surface area contributed by atoms with E-state index >= 15 is 0 Å². The number of benzene rings is 2. The maximum Gasteiger partial charge on any atom is 0.254 e. The van der Waals surface area contributed by atoms with Crippen molar-refractivity contribution in [2.24, 2.45) is 0 Å². The summed E-state index contributed by atoms with van der Waals surface area (Å²) in [5.41, 5.74) is 4.07. The van der Waals surface area contributed by atoms with Gasteiger partial charge in [-0.15, -0.1) is 0 Å². The van der Waals surface area contributed by atoms with Gasteiger partial charge in [0.15, 0.2) is 0 Å². The van der Waals surface area contributed by atoms with Gasteiger partial charge in [0, 0.05) is 48.7 Å². The van der Waals surface area contributed by atoms with Crippen LogP contribution in [-0.4, -0.2) is 59.5 Å². The zero-order chi connectivity index (χ0) is 25.9. The summed E-state index contributed by atoms with van der Waals surface area (Å²) in [6.07, 6.45) is 3.95. The molecule has 0 fully saturated rings. The van der Waals surface area contributed by atoms with Crippen LogP contribution in [0.1, 0.15) is 46.9 Å². The first-order valence-corrected chi connectivity index (χ1v) is 13.2. The Bertz CT molecular complexity index is 1140. The van der Waals surface area contributed by atoms with E-state index in [4.69, 9.17) is 4.74 Å². The summed E-state index contributed by atoms with van der Waals surface area (Å²) in [5, 5.41) is 0. The fourth-order valence-electron chi connectivity index (χ4n) is 4.11. The first-order valence-electron chi connectivity index (χ1n) is 12.4. The molecule has 192 valence electrons. The largest absolute Gasteiger partial charge is 0.383 e. The number of carbonyl (C=O) groups is 2. The van der Waals surface area contributed by atoms with E-state index in [1.165, 1.54) is 11.1 Å². The number of amides is 2. The Morgan fingerprint density at radius 2 is 1.81 bits per heavy atom. The van der Waals surface area contributed by atoms with Gasteiger partial charge in [0.25, 0.3) is 5.91 Å². The van der Waals surface area contributed by atoms with Gasteiger partial charge in [0.05, 0.1) is 13.2 Å². The Morgan fingerprint density at radius 3 is 2.53 bits per heavy atom. The van der Waals surface area contributed by atoms with E-state index < -0.39 is 0 Å². The van der Waals surface area contributed by atoms with E-state index in [1.54, 1.807) is 24.1 Å². The number of aryl methyl sites for hydroxylation is 1. The number of unbranched alkanes of at least 4 members (excludes halogenated alkanes) is 1. The molecule has 1 aromatic heterocycles. The monoisotopic (exact) mass is 553 g/mol. The average Bonchev–Trinajstić information content (AvgIpc) is 3.30. The third-order valence-corrected chi connectivity index (χ3v) is 6.59. The van der Waals surface area contributed by atoms with E-state index in [0.29, 0.717) is 31.8 Å². The van der Waals surface area contributed by atoms with Gasteiger partial charge in [0.1, 0.15) is 6.54 Å². The summed E-state index contributed by atoms with van der Waals surface area (Å²) < 4.78 is 8.24. The van der Waals surface area contributed by atoms with Gasteiger partial charge in [-0.25, -0.2) is 0 Å². The Labute approximate surface area is 223 Å². The molecule has 1 heterocycles. The Kier molecular flexibility index (Phi) is 10.8. The quantitative estimate of drug-likeness (QED) is 0.280. The van der Waals surface area contributed by atoms with Crippen LogP contribution in [0.3, 0.4) is 0 Å². The molecular weight excluding hydrogens is 518 g/mol. The van der Waals surface area contributed by atoms with Gasteiger partial charge in [-0.05, 0) is 49.2 Å². The zero-order valence-electron chi connectivity index (χ0n) is 21.5. The standard InChI is InChI=1S/C29H36BrN3O3/c1-4-5-14-32(21-27-13-8-15-31(27)20-24-10-6-9-23(2)18-24)28(34)22-33(16-17-36-3)29(35)25-11-7-12-26(30)19-25/h6-13,15,18-19H,4-5,14,16-17,20-22H2,1-3H3. The number of halogens is 1. The van der Waals surface area contributed by atoms with E-state index in [-0.39, 0.29) is 18.4 Å². The highest BCUT2D eigenvalue weighted by Gasteiger charge is 2.23. The predicted octanol–water partition coefficient (Wildman–Crippen LogP) is 5.52. The highest BCUT2D eigenvalue weighted by Crippen LogP contribution is 2.16. The number of hydrogen-bond acceptors (Lipinski definition) is 3. The Balaban J connectivity index is 1.76. The van der Waals surface area contributed by atoms with Crippen molar-refractivity contribution in [1.29, 1.82) is 0 Å². The molecule has 0 aliphatic heterocycles. The van der Waals surface area contributed by atoms with Crippen LogP contribution in [0, 0.1) is 6.92 Å². The minimum absolute atomic E-state index is 0.0109. The van der Waals surface area contributed by atoms with E-state index in [1.807, 2.05) is 23.1 Å². The molecule has 0 N–H and O–H groups in total. The molecule has 0 radical (unpaired) electrons. The first kappa shape index (κ1) is 27.7. The summed E-state index contributed by atoms with van der Waals surface area (Å²) in [7, 11) is 1.60. The average molecular weight is 555 g/mol. The Morgan fingerprint density at radius 1 is 1.00 bits per heavy atom. The zero-order valence-corrected chi connectivity index (χ0v) is 23.0. The molecule has 0 saturated carbocycles. The van der Waals surface area contributed by atoms with Crippen molar-refractivity contribution in [2.75, 3.05) is 33.4 Å². The molecule has 7 heteroatoms. The molecule has 0 aliphatic rings. The maximum absolute atomic E-state index is 13.5. The number of hydrogen-bond donors (Lipinski definition) is 0. The topological polar surface area (TPSA) is 54.8 Å². The van der Waals surface area contributed by atoms with Crippen molar-refractivity contribution in [3.63, 3.8) is 0 Å². The number of nitrogens with zero attached hydrogens (tertiary/aromatic N) is 3. The van der Waals surface area contributed by atoms with Gasteiger partial charge >= 0.3 is 0 Å². The van der Waals surface area contributed by atoms with Crippen LogP contribution in [0.15, 0.2) is 71.3 Å². The predicted molar refractivity (Wildman–Crippen MR) is 147 cm³/mol. The van der Waals surface area contributed by atoms with Crippen LogP contribution in [0.2, 0.25) is 0 Å². The molecule has 6 nitrogen and oxygen atoms in total. The van der Waals surface area contributed by atoms with Gasteiger partial charge in [-0.1, -0.05) is 65.2 Å². The van der Waals surface area contributed by atoms with Gasteiger partial charge in [-0.2, -0.15) is 0 Å². The van der Waals surface area contributed by atoms with E-state index in [2.05, 4.69) is 70.9 Å². The first-order chi connectivity index (χ1) is 17.4. The van der Waals surface area contributed by atoms with Crippen LogP contribution in [0.5, 0.6) is 0 Å². The van der Waals surface area contributed by atoms with Crippen molar-refractivity contribution in [3.05, 3.63) is 93.7 Å². The second-order valence-corrected chi connectivity index (χ2v) is 9.93. The van der Waals surface area contributed by atoms with Gasteiger partial charge < -0.3 is 19.1 Å². The normalized spacial score (nSPS) is 10.9. The van der Waals surface area contributed by atoms with Gasteiger partial charge in [-0.3, -0.25) is 9.59 Å². The number of carbonyl (C=O) groups excluding carboxylic acids is 2. The second-order valence-electron chi connectivity index (χ2n) is 9.02. The van der Waals surface area contributed by atoms with E-state index in [0.717, 1.165) is 29.6 Å². The SMILES string of the molecule is CCCCN(Cc1cccn1Cc1cccc(C)c1)C(=O)CN(CCOC)C(=O)c1cccc(Br)c1. The Hall–Kier alpha value is -2.90. The number of methoxy groups -OCH3 is 1. The molecule has 0 unspecified atom stereocenters. The summed E-state index contributed by atoms with van der Waals surface area (Å²) in [6.45, 7) is 6.83. The van der Waals surface area contributed by atoms with Gasteiger partial charge in [0.2, 0.25) is 5.91 Å². The highest BCUT2D eigenvalue weighted by atomic mass is 79.9. The molecule has 3 rings (SSSR count). The van der Waals surface area contributed by atoms with Crippen molar-refractivity contribution in [2.45, 2.75) is 39.8 Å². The lowest BCUT2D eigenvalue weighted by molar-refractivity contribution is -0.132. The summed E-state index contributed by atoms with van der Waals surface area (Å²) >= 11 is 3.43. The smallest absolute Gasteiger partial charge is 0.254 e. The van der Waals surface area contributed by atoms with Crippen LogP contribution in [0.25, 0.3) is 0 Å². The molecule has 0 saturated heterocycles. The minimum Gasteiger partial charge on any atom is -0.383 e. The molecule has 2 aromatic carbocycles. The lowest BCUT2D eigenvalue weighted by Crippen LogP contribution is -2.44. The summed E-state index contributed by atoms with van der Waals surface area (Å²) in [6, 6.07) is 19.8. The van der Waals surface area contributed by atoms with Crippen LogP contribution in [0.4, 0.5) is 0 Å². The lowest BCUT2D eigenvalue weighted by Gasteiger charge is -2.28. The van der Waals surface area contributed by atoms with Crippen molar-refractivity contribution in [3.8, 4) is 0 Å². The molecule has 0 bridgehead atoms. The second kappa shape index (κ2) is 14.0. The molecule has 36 heavy (non-hydrogen) atoms. The number of ether oxygens (including phenoxy) is 1.